The molecule has 0 amide bonds. The van der Waals surface area contributed by atoms with Crippen LogP contribution < -0.4 is 4.72 Å². The van der Waals surface area contributed by atoms with E-state index in [9.17, 15) is 16.8 Å². The molecule has 1 aliphatic heterocycles. The summed E-state index contributed by atoms with van der Waals surface area (Å²) in [5.74, 6) is 0. The third kappa shape index (κ3) is 4.71. The SMILES string of the molecule is O=S(=O)(Nc1ccc(S(=O)(=O)N2CCCCCC2)cc1)c1ccccc1Br. The van der Waals surface area contributed by atoms with E-state index >= 15 is 0 Å². The van der Waals surface area contributed by atoms with Crippen molar-refractivity contribution in [2.75, 3.05) is 17.8 Å². The van der Waals surface area contributed by atoms with Gasteiger partial charge in [0.2, 0.25) is 10.0 Å². The third-order valence-corrected chi connectivity index (χ3v) is 8.74. The van der Waals surface area contributed by atoms with Gasteiger partial charge in [-0.1, -0.05) is 25.0 Å². The molecule has 1 fully saturated rings. The van der Waals surface area contributed by atoms with E-state index in [4.69, 9.17) is 0 Å². The highest BCUT2D eigenvalue weighted by molar-refractivity contribution is 9.10. The number of nitrogens with zero attached hydrogens (tertiary/aromatic N) is 1. The van der Waals surface area contributed by atoms with E-state index in [1.807, 2.05) is 0 Å². The van der Waals surface area contributed by atoms with Crippen molar-refractivity contribution in [2.45, 2.75) is 35.5 Å². The minimum atomic E-state index is -3.77. The molecule has 3 rings (SSSR count). The van der Waals surface area contributed by atoms with Crippen LogP contribution in [-0.2, 0) is 20.0 Å². The Morgan fingerprint density at radius 3 is 2.00 bits per heavy atom. The molecule has 146 valence electrons. The predicted molar refractivity (Wildman–Crippen MR) is 109 cm³/mol. The monoisotopic (exact) mass is 472 g/mol. The summed E-state index contributed by atoms with van der Waals surface area (Å²) >= 11 is 3.23. The summed E-state index contributed by atoms with van der Waals surface area (Å²) in [6.07, 6.45) is 3.82. The Bertz CT molecular complexity index is 998. The Kier molecular flexibility index (Phi) is 6.25. The van der Waals surface area contributed by atoms with Crippen LogP contribution in [0.25, 0.3) is 0 Å². The summed E-state index contributed by atoms with van der Waals surface area (Å²) < 4.78 is 55.1. The van der Waals surface area contributed by atoms with Gasteiger partial charge in [-0.05, 0) is 65.2 Å². The van der Waals surface area contributed by atoms with Gasteiger partial charge in [0.05, 0.1) is 4.90 Å². The van der Waals surface area contributed by atoms with Crippen molar-refractivity contribution in [1.82, 2.24) is 4.31 Å². The summed E-state index contributed by atoms with van der Waals surface area (Å²) in [6.45, 7) is 1.05. The number of rotatable bonds is 5. The normalized spacial score (nSPS) is 16.6. The van der Waals surface area contributed by atoms with Crippen LogP contribution in [0, 0.1) is 0 Å². The number of anilines is 1. The lowest BCUT2D eigenvalue weighted by Gasteiger charge is -2.20. The quantitative estimate of drug-likeness (QED) is 0.716. The number of benzene rings is 2. The van der Waals surface area contributed by atoms with Crippen molar-refractivity contribution in [1.29, 1.82) is 0 Å². The average molecular weight is 473 g/mol. The van der Waals surface area contributed by atoms with Gasteiger partial charge in [0.15, 0.2) is 0 Å². The zero-order valence-electron chi connectivity index (χ0n) is 14.6. The molecule has 0 atom stereocenters. The molecule has 1 aliphatic rings. The van der Waals surface area contributed by atoms with Crippen molar-refractivity contribution in [3.05, 3.63) is 53.0 Å². The number of nitrogens with one attached hydrogen (secondary N) is 1. The van der Waals surface area contributed by atoms with E-state index in [0.717, 1.165) is 25.7 Å². The van der Waals surface area contributed by atoms with E-state index in [0.29, 0.717) is 23.2 Å². The van der Waals surface area contributed by atoms with Gasteiger partial charge in [-0.3, -0.25) is 4.72 Å². The van der Waals surface area contributed by atoms with Gasteiger partial charge in [0.1, 0.15) is 4.90 Å². The zero-order valence-corrected chi connectivity index (χ0v) is 17.9. The molecule has 6 nitrogen and oxygen atoms in total. The highest BCUT2D eigenvalue weighted by Crippen LogP contribution is 2.25. The fourth-order valence-corrected chi connectivity index (χ4v) is 6.58. The van der Waals surface area contributed by atoms with Gasteiger partial charge in [-0.15, -0.1) is 0 Å². The van der Waals surface area contributed by atoms with Crippen molar-refractivity contribution in [3.63, 3.8) is 0 Å². The first-order valence-electron chi connectivity index (χ1n) is 8.68. The van der Waals surface area contributed by atoms with Gasteiger partial charge in [0.25, 0.3) is 10.0 Å². The van der Waals surface area contributed by atoms with Gasteiger partial charge in [0, 0.05) is 23.2 Å². The van der Waals surface area contributed by atoms with Crippen molar-refractivity contribution < 1.29 is 16.8 Å². The van der Waals surface area contributed by atoms with Crippen molar-refractivity contribution >= 4 is 41.7 Å². The minimum Gasteiger partial charge on any atom is -0.280 e. The molecule has 0 aromatic heterocycles. The molecular formula is C18H21BrN2O4S2. The second-order valence-electron chi connectivity index (χ2n) is 6.38. The molecular weight excluding hydrogens is 452 g/mol. The van der Waals surface area contributed by atoms with Crippen LogP contribution in [-0.4, -0.2) is 34.2 Å². The van der Waals surface area contributed by atoms with Crippen LogP contribution >= 0.6 is 15.9 Å². The molecule has 1 N–H and O–H groups in total. The van der Waals surface area contributed by atoms with Crippen LogP contribution in [0.3, 0.4) is 0 Å². The van der Waals surface area contributed by atoms with Crippen LogP contribution in [0.2, 0.25) is 0 Å². The molecule has 2 aromatic rings. The topological polar surface area (TPSA) is 83.5 Å². The van der Waals surface area contributed by atoms with E-state index in [2.05, 4.69) is 20.7 Å². The van der Waals surface area contributed by atoms with Gasteiger partial charge < -0.3 is 0 Å². The first-order valence-corrected chi connectivity index (χ1v) is 12.4. The molecule has 2 aromatic carbocycles. The second kappa shape index (κ2) is 8.30. The maximum atomic E-state index is 12.8. The Labute approximate surface area is 168 Å². The lowest BCUT2D eigenvalue weighted by Crippen LogP contribution is -2.31. The van der Waals surface area contributed by atoms with Crippen LogP contribution in [0.1, 0.15) is 25.7 Å². The predicted octanol–water partition coefficient (Wildman–Crippen LogP) is 3.81. The maximum absolute atomic E-state index is 12.8. The third-order valence-electron chi connectivity index (χ3n) is 4.44. The number of halogens is 1. The largest absolute Gasteiger partial charge is 0.280 e. The van der Waals surface area contributed by atoms with E-state index in [-0.39, 0.29) is 9.79 Å². The fraction of sp³-hybridized carbons (Fsp3) is 0.333. The van der Waals surface area contributed by atoms with Crippen LogP contribution in [0.15, 0.2) is 62.8 Å². The number of hydrogen-bond acceptors (Lipinski definition) is 4. The minimum absolute atomic E-state index is 0.117. The van der Waals surface area contributed by atoms with E-state index < -0.39 is 20.0 Å². The standard InChI is InChI=1S/C18H21BrN2O4S2/c19-17-7-3-4-8-18(17)26(22,23)20-15-9-11-16(12-10-15)27(24,25)21-13-5-1-2-6-14-21/h3-4,7-12,20H,1-2,5-6,13-14H2. The highest BCUT2D eigenvalue weighted by Gasteiger charge is 2.25. The van der Waals surface area contributed by atoms with Gasteiger partial charge in [-0.2, -0.15) is 4.31 Å². The van der Waals surface area contributed by atoms with Gasteiger partial charge >= 0.3 is 0 Å². The molecule has 27 heavy (non-hydrogen) atoms. The van der Waals surface area contributed by atoms with Crippen molar-refractivity contribution in [2.24, 2.45) is 0 Å². The fourth-order valence-electron chi connectivity index (χ4n) is 3.00. The molecule has 9 heteroatoms. The lowest BCUT2D eigenvalue weighted by atomic mass is 10.2. The molecule has 1 saturated heterocycles. The van der Waals surface area contributed by atoms with Gasteiger partial charge in [-0.25, -0.2) is 16.8 Å². The molecule has 0 aliphatic carbocycles. The summed E-state index contributed by atoms with van der Waals surface area (Å²) in [5.41, 5.74) is 0.306. The van der Waals surface area contributed by atoms with E-state index in [1.54, 1.807) is 18.2 Å². The maximum Gasteiger partial charge on any atom is 0.263 e. The molecule has 0 saturated carbocycles. The lowest BCUT2D eigenvalue weighted by molar-refractivity contribution is 0.424. The average Bonchev–Trinajstić information content (AvgIpc) is 2.92. The highest BCUT2D eigenvalue weighted by atomic mass is 79.9. The summed E-state index contributed by atoms with van der Waals surface area (Å²) in [6, 6.07) is 12.3. The molecule has 1 heterocycles. The van der Waals surface area contributed by atoms with Crippen LogP contribution in [0.4, 0.5) is 5.69 Å². The first-order chi connectivity index (χ1) is 12.8. The van der Waals surface area contributed by atoms with Crippen molar-refractivity contribution in [3.8, 4) is 0 Å². The second-order valence-corrected chi connectivity index (χ2v) is 10.8. The number of sulfonamides is 2. The Morgan fingerprint density at radius 2 is 1.41 bits per heavy atom. The summed E-state index contributed by atoms with van der Waals surface area (Å²) in [7, 11) is -7.33. The smallest absolute Gasteiger partial charge is 0.263 e. The Balaban J connectivity index is 1.80. The summed E-state index contributed by atoms with van der Waals surface area (Å²) in [5, 5.41) is 0. The molecule has 0 bridgehead atoms. The molecule has 0 radical (unpaired) electrons. The Morgan fingerprint density at radius 1 is 0.815 bits per heavy atom. The summed E-state index contributed by atoms with van der Waals surface area (Å²) in [4.78, 5) is 0.291. The Hall–Kier alpha value is -1.42. The zero-order chi connectivity index (χ0) is 19.5. The van der Waals surface area contributed by atoms with Crippen LogP contribution in [0.5, 0.6) is 0 Å². The number of hydrogen-bond donors (Lipinski definition) is 1. The van der Waals surface area contributed by atoms with E-state index in [1.165, 1.54) is 34.6 Å². The molecule has 0 unspecified atom stereocenters. The first kappa shape index (κ1) is 20.3. The molecule has 0 spiro atoms.